The van der Waals surface area contributed by atoms with Gasteiger partial charge in [-0.3, -0.25) is 4.79 Å². The van der Waals surface area contributed by atoms with Gasteiger partial charge in [0.2, 0.25) is 5.91 Å². The lowest BCUT2D eigenvalue weighted by Gasteiger charge is -2.37. The Hall–Kier alpha value is -1.07. The van der Waals surface area contributed by atoms with Crippen molar-refractivity contribution in [1.82, 2.24) is 5.32 Å². The number of fused-ring (bicyclic) bond motifs is 1. The summed E-state index contributed by atoms with van der Waals surface area (Å²) in [7, 11) is 1.94. The zero-order valence-corrected chi connectivity index (χ0v) is 12.5. The molecular formula is C13H18BrN3O. The van der Waals surface area contributed by atoms with Crippen molar-refractivity contribution in [3.8, 4) is 0 Å². The summed E-state index contributed by atoms with van der Waals surface area (Å²) in [6.07, 6.45) is 0. The molecule has 0 fully saturated rings. The summed E-state index contributed by atoms with van der Waals surface area (Å²) in [5, 5.41) is 6.17. The molecule has 1 aliphatic heterocycles. The van der Waals surface area contributed by atoms with E-state index in [9.17, 15) is 4.79 Å². The molecule has 0 aromatic heterocycles. The number of rotatable bonds is 3. The van der Waals surface area contributed by atoms with E-state index in [1.54, 1.807) is 0 Å². The van der Waals surface area contributed by atoms with Gasteiger partial charge in [0.05, 0.1) is 17.9 Å². The number of carbonyl (C=O) groups is 1. The second-order valence-electron chi connectivity index (χ2n) is 5.20. The molecule has 2 N–H and O–H groups in total. The third-order valence-corrected chi connectivity index (χ3v) is 3.66. The highest BCUT2D eigenvalue weighted by molar-refractivity contribution is 9.10. The van der Waals surface area contributed by atoms with E-state index in [2.05, 4.69) is 45.3 Å². The zero-order valence-electron chi connectivity index (χ0n) is 10.9. The van der Waals surface area contributed by atoms with Crippen molar-refractivity contribution in [2.75, 3.05) is 30.4 Å². The molecule has 1 amide bonds. The minimum Gasteiger partial charge on any atom is -0.359 e. The fourth-order valence-electron chi connectivity index (χ4n) is 2.03. The van der Waals surface area contributed by atoms with Crippen LogP contribution in [-0.4, -0.2) is 31.6 Å². The first-order valence-electron chi connectivity index (χ1n) is 5.94. The number of halogens is 1. The number of nitrogens with zero attached hydrogens (tertiary/aromatic N) is 1. The van der Waals surface area contributed by atoms with Crippen molar-refractivity contribution in [2.45, 2.75) is 19.4 Å². The van der Waals surface area contributed by atoms with Crippen molar-refractivity contribution < 1.29 is 4.79 Å². The van der Waals surface area contributed by atoms with E-state index >= 15 is 0 Å². The Bertz CT molecular complexity index is 473. The third-order valence-electron chi connectivity index (χ3n) is 3.17. The largest absolute Gasteiger partial charge is 0.359 e. The number of nitrogens with one attached hydrogen (secondary N) is 2. The summed E-state index contributed by atoms with van der Waals surface area (Å²) in [6, 6.07) is 5.96. The van der Waals surface area contributed by atoms with Crippen LogP contribution in [0.25, 0.3) is 0 Å². The van der Waals surface area contributed by atoms with E-state index in [0.29, 0.717) is 6.54 Å². The summed E-state index contributed by atoms with van der Waals surface area (Å²) < 4.78 is 0.969. The van der Waals surface area contributed by atoms with E-state index in [4.69, 9.17) is 0 Å². The molecule has 98 valence electrons. The SMILES string of the molecule is CNC(C)(C)CN1CC(=O)Nc2cc(Br)ccc21. The summed E-state index contributed by atoms with van der Waals surface area (Å²) in [4.78, 5) is 13.8. The molecule has 0 saturated carbocycles. The van der Waals surface area contributed by atoms with Gasteiger partial charge in [-0.2, -0.15) is 0 Å². The van der Waals surface area contributed by atoms with Crippen LogP contribution in [0.4, 0.5) is 11.4 Å². The van der Waals surface area contributed by atoms with Crippen LogP contribution in [0.15, 0.2) is 22.7 Å². The maximum absolute atomic E-state index is 11.7. The molecule has 0 radical (unpaired) electrons. The Labute approximate surface area is 116 Å². The highest BCUT2D eigenvalue weighted by atomic mass is 79.9. The van der Waals surface area contributed by atoms with Crippen LogP contribution < -0.4 is 15.5 Å². The number of amides is 1. The van der Waals surface area contributed by atoms with Gasteiger partial charge in [-0.25, -0.2) is 0 Å². The average Bonchev–Trinajstić information content (AvgIpc) is 2.27. The van der Waals surface area contributed by atoms with E-state index in [1.165, 1.54) is 0 Å². The molecule has 0 bridgehead atoms. The van der Waals surface area contributed by atoms with Crippen LogP contribution in [0, 0.1) is 0 Å². The number of hydrogen-bond acceptors (Lipinski definition) is 3. The average molecular weight is 312 g/mol. The Morgan fingerprint density at radius 2 is 2.22 bits per heavy atom. The first-order chi connectivity index (χ1) is 8.41. The fourth-order valence-corrected chi connectivity index (χ4v) is 2.39. The first kappa shape index (κ1) is 13.4. The van der Waals surface area contributed by atoms with Gasteiger partial charge >= 0.3 is 0 Å². The standard InChI is InChI=1S/C13H18BrN3O/c1-13(2,15-3)8-17-7-12(18)16-10-6-9(14)4-5-11(10)17/h4-6,15H,7-8H2,1-3H3,(H,16,18). The molecule has 1 aromatic carbocycles. The Morgan fingerprint density at radius 1 is 1.50 bits per heavy atom. The zero-order chi connectivity index (χ0) is 13.3. The monoisotopic (exact) mass is 311 g/mol. The number of likely N-dealkylation sites (N-methyl/N-ethyl adjacent to an activating group) is 1. The highest BCUT2D eigenvalue weighted by Gasteiger charge is 2.27. The van der Waals surface area contributed by atoms with Crippen LogP contribution >= 0.6 is 15.9 Å². The van der Waals surface area contributed by atoms with Crippen molar-refractivity contribution in [2.24, 2.45) is 0 Å². The van der Waals surface area contributed by atoms with Crippen LogP contribution in [-0.2, 0) is 4.79 Å². The van der Waals surface area contributed by atoms with Gasteiger partial charge in [0.1, 0.15) is 0 Å². The van der Waals surface area contributed by atoms with Crippen LogP contribution in [0.5, 0.6) is 0 Å². The molecule has 0 unspecified atom stereocenters. The molecular weight excluding hydrogens is 294 g/mol. The molecule has 0 spiro atoms. The number of carbonyl (C=O) groups excluding carboxylic acids is 1. The Kier molecular flexibility index (Phi) is 3.64. The molecule has 2 rings (SSSR count). The summed E-state index contributed by atoms with van der Waals surface area (Å²) in [5.41, 5.74) is 1.90. The van der Waals surface area contributed by atoms with Gasteiger partial charge in [0.25, 0.3) is 0 Å². The van der Waals surface area contributed by atoms with Gasteiger partial charge < -0.3 is 15.5 Å². The second-order valence-corrected chi connectivity index (χ2v) is 6.12. The van der Waals surface area contributed by atoms with Crippen molar-refractivity contribution in [3.63, 3.8) is 0 Å². The predicted octanol–water partition coefficient (Wildman–Crippen LogP) is 2.21. The smallest absolute Gasteiger partial charge is 0.243 e. The molecule has 0 atom stereocenters. The van der Waals surface area contributed by atoms with Crippen LogP contribution in [0.2, 0.25) is 0 Å². The first-order valence-corrected chi connectivity index (χ1v) is 6.74. The summed E-state index contributed by atoms with van der Waals surface area (Å²) in [6.45, 7) is 5.43. The quantitative estimate of drug-likeness (QED) is 0.899. The van der Waals surface area contributed by atoms with Gasteiger partial charge in [-0.05, 0) is 39.1 Å². The third kappa shape index (κ3) is 2.84. The Morgan fingerprint density at radius 3 is 2.89 bits per heavy atom. The van der Waals surface area contributed by atoms with Gasteiger partial charge in [0, 0.05) is 16.6 Å². The molecule has 18 heavy (non-hydrogen) atoms. The van der Waals surface area contributed by atoms with Gasteiger partial charge in [-0.1, -0.05) is 15.9 Å². The minimum absolute atomic E-state index is 0.0347. The molecule has 0 aliphatic carbocycles. The van der Waals surface area contributed by atoms with Crippen LogP contribution in [0.1, 0.15) is 13.8 Å². The lowest BCUT2D eigenvalue weighted by atomic mass is 10.0. The second kappa shape index (κ2) is 4.90. The predicted molar refractivity (Wildman–Crippen MR) is 78.1 cm³/mol. The number of anilines is 2. The van der Waals surface area contributed by atoms with E-state index in [1.807, 2.05) is 25.2 Å². The molecule has 4 nitrogen and oxygen atoms in total. The lowest BCUT2D eigenvalue weighted by Crippen LogP contribution is -2.51. The van der Waals surface area contributed by atoms with E-state index in [0.717, 1.165) is 22.4 Å². The van der Waals surface area contributed by atoms with Crippen LogP contribution in [0.3, 0.4) is 0 Å². The minimum atomic E-state index is -0.0397. The topological polar surface area (TPSA) is 44.4 Å². The van der Waals surface area contributed by atoms with E-state index in [-0.39, 0.29) is 11.4 Å². The fraction of sp³-hybridized carbons (Fsp3) is 0.462. The lowest BCUT2D eigenvalue weighted by molar-refractivity contribution is -0.115. The summed E-state index contributed by atoms with van der Waals surface area (Å²) in [5.74, 6) is 0.0347. The van der Waals surface area contributed by atoms with Crippen molar-refractivity contribution in [1.29, 1.82) is 0 Å². The van der Waals surface area contributed by atoms with Gasteiger partial charge in [0.15, 0.2) is 0 Å². The summed E-state index contributed by atoms with van der Waals surface area (Å²) >= 11 is 3.42. The van der Waals surface area contributed by atoms with E-state index < -0.39 is 0 Å². The maximum Gasteiger partial charge on any atom is 0.243 e. The molecule has 1 aromatic rings. The highest BCUT2D eigenvalue weighted by Crippen LogP contribution is 2.32. The molecule has 0 saturated heterocycles. The molecule has 1 aliphatic rings. The number of benzene rings is 1. The molecule has 1 heterocycles. The maximum atomic E-state index is 11.7. The van der Waals surface area contributed by atoms with Crippen molar-refractivity contribution in [3.05, 3.63) is 22.7 Å². The Balaban J connectivity index is 2.31. The van der Waals surface area contributed by atoms with Crippen molar-refractivity contribution >= 4 is 33.2 Å². The normalized spacial score (nSPS) is 15.3. The number of hydrogen-bond donors (Lipinski definition) is 2. The van der Waals surface area contributed by atoms with Gasteiger partial charge in [-0.15, -0.1) is 0 Å². The molecule has 5 heteroatoms.